The highest BCUT2D eigenvalue weighted by atomic mass is 14.9. The minimum atomic E-state index is 0.597. The van der Waals surface area contributed by atoms with Crippen LogP contribution in [-0.4, -0.2) is 6.54 Å². The summed E-state index contributed by atoms with van der Waals surface area (Å²) in [6.45, 7) is 5.73. The van der Waals surface area contributed by atoms with Crippen LogP contribution in [0.1, 0.15) is 69.0 Å². The second-order valence-electron chi connectivity index (χ2n) is 5.34. The molecule has 1 N–H and O–H groups in total. The molecule has 0 fully saturated rings. The van der Waals surface area contributed by atoms with Crippen molar-refractivity contribution in [2.45, 2.75) is 57.9 Å². The molecule has 0 amide bonds. The van der Waals surface area contributed by atoms with E-state index in [1.807, 2.05) is 0 Å². The fourth-order valence-corrected chi connectivity index (χ4v) is 2.85. The fourth-order valence-electron chi connectivity index (χ4n) is 2.85. The monoisotopic (exact) mass is 231 g/mol. The molecule has 1 aliphatic heterocycles. The molecule has 0 spiro atoms. The lowest BCUT2D eigenvalue weighted by molar-refractivity contribution is 0.427. The quantitative estimate of drug-likeness (QED) is 0.740. The summed E-state index contributed by atoms with van der Waals surface area (Å²) < 4.78 is 0. The van der Waals surface area contributed by atoms with Crippen molar-refractivity contribution >= 4 is 0 Å². The van der Waals surface area contributed by atoms with Gasteiger partial charge in [-0.3, -0.25) is 0 Å². The van der Waals surface area contributed by atoms with Crippen molar-refractivity contribution in [2.75, 3.05) is 6.54 Å². The van der Waals surface area contributed by atoms with Gasteiger partial charge in [0.2, 0.25) is 0 Å². The van der Waals surface area contributed by atoms with E-state index < -0.39 is 0 Å². The van der Waals surface area contributed by atoms with E-state index >= 15 is 0 Å². The lowest BCUT2D eigenvalue weighted by Crippen LogP contribution is -2.31. The highest BCUT2D eigenvalue weighted by Gasteiger charge is 2.22. The van der Waals surface area contributed by atoms with Crippen LogP contribution in [0.25, 0.3) is 0 Å². The maximum atomic E-state index is 3.70. The summed E-state index contributed by atoms with van der Waals surface area (Å²) >= 11 is 0. The third kappa shape index (κ3) is 3.10. The minimum Gasteiger partial charge on any atom is -0.309 e. The smallest absolute Gasteiger partial charge is 0.0323 e. The largest absolute Gasteiger partial charge is 0.309 e. The van der Waals surface area contributed by atoms with Crippen molar-refractivity contribution in [3.05, 3.63) is 35.4 Å². The Morgan fingerprint density at radius 1 is 1.12 bits per heavy atom. The number of fused-ring (bicyclic) bond motifs is 1. The normalized spacial score (nSPS) is 23.4. The van der Waals surface area contributed by atoms with E-state index in [1.165, 1.54) is 32.1 Å². The van der Waals surface area contributed by atoms with Gasteiger partial charge in [-0.2, -0.15) is 0 Å². The first-order chi connectivity index (χ1) is 8.33. The highest BCUT2D eigenvalue weighted by Crippen LogP contribution is 2.32. The van der Waals surface area contributed by atoms with Crippen LogP contribution < -0.4 is 5.32 Å². The standard InChI is InChI=1S/C16H25N/c1-3-4-5-6-11-16-15-10-8-7-9-14(15)13(2)12-17-16/h7-10,13,16-17H,3-6,11-12H2,1-2H3/t13-,16-/m0/s1. The van der Waals surface area contributed by atoms with Crippen LogP contribution in [-0.2, 0) is 0 Å². The van der Waals surface area contributed by atoms with Crippen LogP contribution in [0, 0.1) is 0 Å². The van der Waals surface area contributed by atoms with Crippen molar-refractivity contribution < 1.29 is 0 Å². The third-order valence-electron chi connectivity index (χ3n) is 3.92. The van der Waals surface area contributed by atoms with Crippen LogP contribution in [0.2, 0.25) is 0 Å². The molecule has 1 heteroatoms. The second-order valence-corrected chi connectivity index (χ2v) is 5.34. The number of benzene rings is 1. The molecular formula is C16H25N. The molecule has 1 aromatic carbocycles. The summed E-state index contributed by atoms with van der Waals surface area (Å²) in [6, 6.07) is 9.56. The number of hydrogen-bond donors (Lipinski definition) is 1. The number of unbranched alkanes of at least 4 members (excludes halogenated alkanes) is 3. The zero-order chi connectivity index (χ0) is 12.1. The molecular weight excluding hydrogens is 206 g/mol. The molecule has 17 heavy (non-hydrogen) atoms. The van der Waals surface area contributed by atoms with Gasteiger partial charge in [-0.05, 0) is 23.5 Å². The van der Waals surface area contributed by atoms with Crippen LogP contribution in [0.5, 0.6) is 0 Å². The van der Waals surface area contributed by atoms with Gasteiger partial charge in [0.15, 0.2) is 0 Å². The van der Waals surface area contributed by atoms with Crippen molar-refractivity contribution in [1.29, 1.82) is 0 Å². The molecule has 0 unspecified atom stereocenters. The molecule has 0 bridgehead atoms. The van der Waals surface area contributed by atoms with E-state index in [0.717, 1.165) is 6.54 Å². The predicted octanol–water partition coefficient (Wildman–Crippen LogP) is 4.40. The Balaban J connectivity index is 1.98. The van der Waals surface area contributed by atoms with Gasteiger partial charge in [-0.15, -0.1) is 0 Å². The average molecular weight is 231 g/mol. The summed E-state index contributed by atoms with van der Waals surface area (Å²) in [4.78, 5) is 0. The Labute approximate surface area is 106 Å². The predicted molar refractivity (Wildman–Crippen MR) is 74.4 cm³/mol. The lowest BCUT2D eigenvalue weighted by Gasteiger charge is -2.31. The third-order valence-corrected chi connectivity index (χ3v) is 3.92. The zero-order valence-electron chi connectivity index (χ0n) is 11.2. The maximum Gasteiger partial charge on any atom is 0.0323 e. The Bertz CT molecular complexity index is 345. The molecule has 0 aromatic heterocycles. The number of nitrogens with one attached hydrogen (secondary N) is 1. The van der Waals surface area contributed by atoms with E-state index in [1.54, 1.807) is 11.1 Å². The summed E-state index contributed by atoms with van der Waals surface area (Å²) in [5.41, 5.74) is 3.11. The first-order valence-corrected chi connectivity index (χ1v) is 7.15. The van der Waals surface area contributed by atoms with Crippen molar-refractivity contribution in [1.82, 2.24) is 5.32 Å². The van der Waals surface area contributed by atoms with Crippen molar-refractivity contribution in [3.8, 4) is 0 Å². The molecule has 0 saturated heterocycles. The molecule has 1 aromatic rings. The minimum absolute atomic E-state index is 0.597. The van der Waals surface area contributed by atoms with Gasteiger partial charge >= 0.3 is 0 Å². The van der Waals surface area contributed by atoms with Crippen LogP contribution in [0.3, 0.4) is 0 Å². The first-order valence-electron chi connectivity index (χ1n) is 7.15. The first kappa shape index (κ1) is 12.6. The SMILES string of the molecule is CCCCCC[C@@H]1NC[C@H](C)c2ccccc21. The molecule has 0 radical (unpaired) electrons. The van der Waals surface area contributed by atoms with E-state index in [0.29, 0.717) is 12.0 Å². The van der Waals surface area contributed by atoms with Crippen molar-refractivity contribution in [3.63, 3.8) is 0 Å². The maximum absolute atomic E-state index is 3.70. The van der Waals surface area contributed by atoms with E-state index in [-0.39, 0.29) is 0 Å². The van der Waals surface area contributed by atoms with Gasteiger partial charge in [0.1, 0.15) is 0 Å². The van der Waals surface area contributed by atoms with Gasteiger partial charge in [0.25, 0.3) is 0 Å². The Morgan fingerprint density at radius 3 is 2.65 bits per heavy atom. The van der Waals surface area contributed by atoms with E-state index in [2.05, 4.69) is 43.4 Å². The molecule has 2 rings (SSSR count). The van der Waals surface area contributed by atoms with Gasteiger partial charge < -0.3 is 5.32 Å². The fraction of sp³-hybridized carbons (Fsp3) is 0.625. The van der Waals surface area contributed by atoms with E-state index in [9.17, 15) is 0 Å². The molecule has 1 aliphatic rings. The van der Waals surface area contributed by atoms with Gasteiger partial charge in [0, 0.05) is 12.6 Å². The van der Waals surface area contributed by atoms with Crippen molar-refractivity contribution in [2.24, 2.45) is 0 Å². The van der Waals surface area contributed by atoms with Gasteiger partial charge in [-0.25, -0.2) is 0 Å². The van der Waals surface area contributed by atoms with Gasteiger partial charge in [-0.1, -0.05) is 63.8 Å². The number of hydrogen-bond acceptors (Lipinski definition) is 1. The summed E-state index contributed by atoms with van der Waals surface area (Å²) in [5, 5.41) is 3.70. The molecule has 1 heterocycles. The Hall–Kier alpha value is -0.820. The summed E-state index contributed by atoms with van der Waals surface area (Å²) in [5.74, 6) is 0.665. The average Bonchev–Trinajstić information content (AvgIpc) is 2.37. The van der Waals surface area contributed by atoms with E-state index in [4.69, 9.17) is 0 Å². The summed E-state index contributed by atoms with van der Waals surface area (Å²) in [7, 11) is 0. The Kier molecular flexibility index (Phi) is 4.61. The molecule has 94 valence electrons. The molecule has 1 nitrogen and oxygen atoms in total. The summed E-state index contributed by atoms with van der Waals surface area (Å²) in [6.07, 6.45) is 6.74. The molecule has 2 atom stereocenters. The van der Waals surface area contributed by atoms with Crippen LogP contribution in [0.15, 0.2) is 24.3 Å². The zero-order valence-corrected chi connectivity index (χ0v) is 11.2. The van der Waals surface area contributed by atoms with Crippen LogP contribution >= 0.6 is 0 Å². The molecule has 0 saturated carbocycles. The number of rotatable bonds is 5. The van der Waals surface area contributed by atoms with Gasteiger partial charge in [0.05, 0.1) is 0 Å². The topological polar surface area (TPSA) is 12.0 Å². The molecule has 0 aliphatic carbocycles. The lowest BCUT2D eigenvalue weighted by atomic mass is 9.86. The highest BCUT2D eigenvalue weighted by molar-refractivity contribution is 5.35. The van der Waals surface area contributed by atoms with Crippen LogP contribution in [0.4, 0.5) is 0 Å². The Morgan fingerprint density at radius 2 is 1.88 bits per heavy atom. The second kappa shape index (κ2) is 6.20.